The highest BCUT2D eigenvalue weighted by Crippen LogP contribution is 2.22. The summed E-state index contributed by atoms with van der Waals surface area (Å²) in [5.74, 6) is -5.92. The molecule has 0 spiro atoms. The monoisotopic (exact) mass is 219 g/mol. The topological polar surface area (TPSA) is 12.0 Å². The highest BCUT2D eigenvalue weighted by Gasteiger charge is 2.23. The SMILES string of the molecule is Fc1cc(CC2CNC2)c(F)c(F)c1F. The van der Waals surface area contributed by atoms with E-state index in [4.69, 9.17) is 0 Å². The Labute approximate surface area is 84.1 Å². The first-order valence-corrected chi connectivity index (χ1v) is 4.62. The van der Waals surface area contributed by atoms with Crippen LogP contribution in [-0.4, -0.2) is 13.1 Å². The Balaban J connectivity index is 2.30. The summed E-state index contributed by atoms with van der Waals surface area (Å²) in [5, 5.41) is 2.96. The van der Waals surface area contributed by atoms with E-state index in [0.717, 1.165) is 6.07 Å². The van der Waals surface area contributed by atoms with Gasteiger partial charge < -0.3 is 5.32 Å². The van der Waals surface area contributed by atoms with Crippen molar-refractivity contribution in [3.05, 3.63) is 34.9 Å². The van der Waals surface area contributed by atoms with Gasteiger partial charge in [0.2, 0.25) is 0 Å². The third-order valence-electron chi connectivity index (χ3n) is 2.55. The van der Waals surface area contributed by atoms with Crippen LogP contribution in [0.25, 0.3) is 0 Å². The van der Waals surface area contributed by atoms with Crippen LogP contribution >= 0.6 is 0 Å². The first kappa shape index (κ1) is 10.4. The summed E-state index contributed by atoms with van der Waals surface area (Å²) >= 11 is 0. The molecule has 0 aliphatic carbocycles. The Morgan fingerprint density at radius 2 is 1.73 bits per heavy atom. The average molecular weight is 219 g/mol. The van der Waals surface area contributed by atoms with E-state index < -0.39 is 23.3 Å². The van der Waals surface area contributed by atoms with E-state index in [0.29, 0.717) is 13.1 Å². The fourth-order valence-corrected chi connectivity index (χ4v) is 1.57. The molecule has 1 aromatic rings. The molecule has 1 saturated heterocycles. The summed E-state index contributed by atoms with van der Waals surface area (Å²) in [6.45, 7) is 1.39. The molecule has 15 heavy (non-hydrogen) atoms. The Kier molecular flexibility index (Phi) is 2.65. The largest absolute Gasteiger partial charge is 0.316 e. The van der Waals surface area contributed by atoms with E-state index in [9.17, 15) is 17.6 Å². The molecule has 0 amide bonds. The second-order valence-electron chi connectivity index (χ2n) is 3.69. The van der Waals surface area contributed by atoms with Gasteiger partial charge in [0.1, 0.15) is 0 Å². The lowest BCUT2D eigenvalue weighted by molar-refractivity contribution is 0.336. The first-order valence-electron chi connectivity index (χ1n) is 4.62. The van der Waals surface area contributed by atoms with Crippen LogP contribution in [0.15, 0.2) is 6.07 Å². The molecule has 0 saturated carbocycles. The molecule has 0 atom stereocenters. The van der Waals surface area contributed by atoms with Crippen LogP contribution in [0.4, 0.5) is 17.6 Å². The lowest BCUT2D eigenvalue weighted by Gasteiger charge is -2.27. The lowest BCUT2D eigenvalue weighted by atomic mass is 9.94. The zero-order valence-corrected chi connectivity index (χ0v) is 7.79. The van der Waals surface area contributed by atoms with Crippen molar-refractivity contribution >= 4 is 0 Å². The van der Waals surface area contributed by atoms with Crippen LogP contribution in [0.2, 0.25) is 0 Å². The third-order valence-corrected chi connectivity index (χ3v) is 2.55. The number of benzene rings is 1. The van der Waals surface area contributed by atoms with Gasteiger partial charge >= 0.3 is 0 Å². The van der Waals surface area contributed by atoms with E-state index in [2.05, 4.69) is 5.32 Å². The lowest BCUT2D eigenvalue weighted by Crippen LogP contribution is -2.43. The molecule has 0 radical (unpaired) electrons. The van der Waals surface area contributed by atoms with Gasteiger partial charge in [-0.15, -0.1) is 0 Å². The summed E-state index contributed by atoms with van der Waals surface area (Å²) in [6.07, 6.45) is 0.229. The molecule has 1 fully saturated rings. The average Bonchev–Trinajstić information content (AvgIpc) is 2.15. The van der Waals surface area contributed by atoms with Crippen molar-refractivity contribution in [2.45, 2.75) is 6.42 Å². The fraction of sp³-hybridized carbons (Fsp3) is 0.400. The molecule has 0 aromatic heterocycles. The van der Waals surface area contributed by atoms with Crippen LogP contribution in [0.3, 0.4) is 0 Å². The van der Waals surface area contributed by atoms with Gasteiger partial charge in [-0.2, -0.15) is 0 Å². The van der Waals surface area contributed by atoms with Gasteiger partial charge in [0.25, 0.3) is 0 Å². The van der Waals surface area contributed by atoms with Gasteiger partial charge in [-0.05, 0) is 37.1 Å². The summed E-state index contributed by atoms with van der Waals surface area (Å²) in [5.41, 5.74) is -0.0992. The molecule has 2 rings (SSSR count). The summed E-state index contributed by atoms with van der Waals surface area (Å²) < 4.78 is 51.4. The van der Waals surface area contributed by atoms with E-state index >= 15 is 0 Å². The molecule has 1 N–H and O–H groups in total. The smallest absolute Gasteiger partial charge is 0.197 e. The normalized spacial score (nSPS) is 16.5. The zero-order chi connectivity index (χ0) is 11.0. The molecule has 1 heterocycles. The molecule has 1 nitrogen and oxygen atoms in total. The summed E-state index contributed by atoms with van der Waals surface area (Å²) in [6, 6.07) is 0.728. The Morgan fingerprint density at radius 3 is 2.27 bits per heavy atom. The number of rotatable bonds is 2. The van der Waals surface area contributed by atoms with Crippen molar-refractivity contribution in [3.63, 3.8) is 0 Å². The van der Waals surface area contributed by atoms with Crippen molar-refractivity contribution in [1.82, 2.24) is 5.32 Å². The second kappa shape index (κ2) is 3.81. The molecular formula is C10H9F4N. The second-order valence-corrected chi connectivity index (χ2v) is 3.69. The zero-order valence-electron chi connectivity index (χ0n) is 7.79. The van der Waals surface area contributed by atoms with Crippen molar-refractivity contribution in [2.75, 3.05) is 13.1 Å². The van der Waals surface area contributed by atoms with Crippen LogP contribution < -0.4 is 5.32 Å². The van der Waals surface area contributed by atoms with Crippen LogP contribution in [0.5, 0.6) is 0 Å². The Morgan fingerprint density at radius 1 is 1.07 bits per heavy atom. The van der Waals surface area contributed by atoms with E-state index in [1.807, 2.05) is 0 Å². The molecule has 82 valence electrons. The minimum atomic E-state index is -1.75. The molecule has 1 aliphatic rings. The van der Waals surface area contributed by atoms with Gasteiger partial charge in [-0.1, -0.05) is 0 Å². The standard InChI is InChI=1S/C10H9F4N/c11-7-2-6(1-5-3-15-4-5)8(12)10(14)9(7)13/h2,5,15H,1,3-4H2. The highest BCUT2D eigenvalue weighted by atomic mass is 19.2. The highest BCUT2D eigenvalue weighted by molar-refractivity contribution is 5.22. The van der Waals surface area contributed by atoms with Gasteiger partial charge in [0, 0.05) is 0 Å². The maximum atomic E-state index is 13.2. The molecule has 0 bridgehead atoms. The predicted molar refractivity (Wildman–Crippen MR) is 46.3 cm³/mol. The van der Waals surface area contributed by atoms with Gasteiger partial charge in [0.05, 0.1) is 0 Å². The molecular weight excluding hydrogens is 210 g/mol. The Bertz CT molecular complexity index is 387. The molecule has 1 aliphatic heterocycles. The minimum absolute atomic E-state index is 0.0992. The fourth-order valence-electron chi connectivity index (χ4n) is 1.57. The first-order chi connectivity index (χ1) is 7.09. The quantitative estimate of drug-likeness (QED) is 0.455. The summed E-state index contributed by atoms with van der Waals surface area (Å²) in [7, 11) is 0. The van der Waals surface area contributed by atoms with E-state index in [1.165, 1.54) is 0 Å². The maximum absolute atomic E-state index is 13.2. The van der Waals surface area contributed by atoms with Crippen LogP contribution in [0.1, 0.15) is 5.56 Å². The van der Waals surface area contributed by atoms with Gasteiger partial charge in [-0.3, -0.25) is 0 Å². The number of nitrogens with one attached hydrogen (secondary N) is 1. The van der Waals surface area contributed by atoms with Gasteiger partial charge in [-0.25, -0.2) is 17.6 Å². The van der Waals surface area contributed by atoms with Crippen LogP contribution in [0, 0.1) is 29.2 Å². The molecule has 1 aromatic carbocycles. The van der Waals surface area contributed by atoms with Crippen molar-refractivity contribution < 1.29 is 17.6 Å². The maximum Gasteiger partial charge on any atom is 0.197 e. The Hall–Kier alpha value is -1.10. The third kappa shape index (κ3) is 1.84. The van der Waals surface area contributed by atoms with E-state index in [-0.39, 0.29) is 17.9 Å². The van der Waals surface area contributed by atoms with Crippen molar-refractivity contribution in [2.24, 2.45) is 5.92 Å². The van der Waals surface area contributed by atoms with Crippen molar-refractivity contribution in [3.8, 4) is 0 Å². The number of halogens is 4. The molecule has 0 unspecified atom stereocenters. The number of hydrogen-bond donors (Lipinski definition) is 1. The molecule has 5 heteroatoms. The minimum Gasteiger partial charge on any atom is -0.316 e. The number of hydrogen-bond acceptors (Lipinski definition) is 1. The van der Waals surface area contributed by atoms with E-state index in [1.54, 1.807) is 0 Å². The summed E-state index contributed by atoms with van der Waals surface area (Å²) in [4.78, 5) is 0. The van der Waals surface area contributed by atoms with Crippen molar-refractivity contribution in [1.29, 1.82) is 0 Å². The predicted octanol–water partition coefficient (Wildman–Crippen LogP) is 2.00. The van der Waals surface area contributed by atoms with Gasteiger partial charge in [0.15, 0.2) is 23.3 Å². The van der Waals surface area contributed by atoms with Crippen LogP contribution in [-0.2, 0) is 6.42 Å².